The number of hydrogen-bond donors (Lipinski definition) is 1. The molecule has 2 nitrogen and oxygen atoms in total. The summed E-state index contributed by atoms with van der Waals surface area (Å²) in [4.78, 5) is 0. The number of benzene rings is 1. The van der Waals surface area contributed by atoms with E-state index in [1.807, 2.05) is 6.07 Å². The molecule has 0 saturated heterocycles. The average molecular weight is 251 g/mol. The van der Waals surface area contributed by atoms with E-state index in [1.54, 1.807) is 19.1 Å². The summed E-state index contributed by atoms with van der Waals surface area (Å²) in [7, 11) is 0. The Morgan fingerprint density at radius 2 is 2.22 bits per heavy atom. The zero-order chi connectivity index (χ0) is 13.0. The van der Waals surface area contributed by atoms with Crippen molar-refractivity contribution in [3.8, 4) is 5.75 Å². The Hall–Kier alpha value is -1.09. The number of halogens is 1. The molecule has 0 bridgehead atoms. The van der Waals surface area contributed by atoms with Crippen molar-refractivity contribution in [2.75, 3.05) is 13.2 Å². The molecule has 0 heterocycles. The summed E-state index contributed by atoms with van der Waals surface area (Å²) in [5.74, 6) is 0.853. The quantitative estimate of drug-likeness (QED) is 0.803. The molecule has 1 unspecified atom stereocenters. The SMILES string of the molecule is CCCNC(COc1cccc(C)c1F)C1CC1. The second-order valence-electron chi connectivity index (χ2n) is 5.10. The van der Waals surface area contributed by atoms with Gasteiger partial charge in [0.25, 0.3) is 0 Å². The molecule has 1 aromatic rings. The molecule has 1 saturated carbocycles. The lowest BCUT2D eigenvalue weighted by molar-refractivity contribution is 0.240. The molecule has 18 heavy (non-hydrogen) atoms. The third kappa shape index (κ3) is 3.45. The van der Waals surface area contributed by atoms with Gasteiger partial charge in [-0.2, -0.15) is 0 Å². The molecule has 0 amide bonds. The molecule has 1 aliphatic rings. The summed E-state index contributed by atoms with van der Waals surface area (Å²) in [5, 5.41) is 3.49. The van der Waals surface area contributed by atoms with Crippen LogP contribution in [0.5, 0.6) is 5.75 Å². The van der Waals surface area contributed by atoms with E-state index >= 15 is 0 Å². The Morgan fingerprint density at radius 3 is 2.89 bits per heavy atom. The van der Waals surface area contributed by atoms with Gasteiger partial charge in [-0.1, -0.05) is 19.1 Å². The van der Waals surface area contributed by atoms with E-state index in [4.69, 9.17) is 4.74 Å². The Balaban J connectivity index is 1.90. The highest BCUT2D eigenvalue weighted by molar-refractivity contribution is 5.30. The fourth-order valence-corrected chi connectivity index (χ4v) is 2.10. The van der Waals surface area contributed by atoms with Crippen LogP contribution in [0.15, 0.2) is 18.2 Å². The second kappa shape index (κ2) is 6.19. The molecule has 3 heteroatoms. The molecule has 0 radical (unpaired) electrons. The van der Waals surface area contributed by atoms with Crippen LogP contribution < -0.4 is 10.1 Å². The topological polar surface area (TPSA) is 21.3 Å². The minimum absolute atomic E-state index is 0.234. The van der Waals surface area contributed by atoms with Gasteiger partial charge in [0.2, 0.25) is 0 Å². The van der Waals surface area contributed by atoms with Crippen molar-refractivity contribution in [2.45, 2.75) is 39.2 Å². The van der Waals surface area contributed by atoms with Crippen LogP contribution in [0.2, 0.25) is 0 Å². The first kappa shape index (κ1) is 13.3. The fourth-order valence-electron chi connectivity index (χ4n) is 2.10. The molecule has 0 aromatic heterocycles. The summed E-state index contributed by atoms with van der Waals surface area (Å²) in [5.41, 5.74) is 0.636. The number of hydrogen-bond acceptors (Lipinski definition) is 2. The van der Waals surface area contributed by atoms with E-state index in [0.29, 0.717) is 29.9 Å². The standard InChI is InChI=1S/C15H22FNO/c1-3-9-17-13(12-7-8-12)10-18-14-6-4-5-11(2)15(14)16/h4-6,12-13,17H,3,7-10H2,1-2H3. The summed E-state index contributed by atoms with van der Waals surface area (Å²) in [6.45, 7) is 5.47. The molecule has 100 valence electrons. The van der Waals surface area contributed by atoms with E-state index in [1.165, 1.54) is 12.8 Å². The third-order valence-electron chi connectivity index (χ3n) is 3.42. The molecule has 1 atom stereocenters. The van der Waals surface area contributed by atoms with E-state index in [9.17, 15) is 4.39 Å². The first-order chi connectivity index (χ1) is 8.72. The molecule has 0 spiro atoms. The van der Waals surface area contributed by atoms with Crippen LogP contribution >= 0.6 is 0 Å². The minimum atomic E-state index is -0.234. The van der Waals surface area contributed by atoms with Crippen LogP contribution in [-0.4, -0.2) is 19.2 Å². The van der Waals surface area contributed by atoms with Gasteiger partial charge in [-0.3, -0.25) is 0 Å². The van der Waals surface area contributed by atoms with Crippen LogP contribution in [-0.2, 0) is 0 Å². The lowest BCUT2D eigenvalue weighted by Gasteiger charge is -2.19. The van der Waals surface area contributed by atoms with Gasteiger partial charge in [0, 0.05) is 6.04 Å². The van der Waals surface area contributed by atoms with Gasteiger partial charge in [-0.25, -0.2) is 4.39 Å². The highest BCUT2D eigenvalue weighted by atomic mass is 19.1. The van der Waals surface area contributed by atoms with Gasteiger partial charge in [-0.05, 0) is 50.3 Å². The number of ether oxygens (including phenoxy) is 1. The Morgan fingerprint density at radius 1 is 1.44 bits per heavy atom. The maximum absolute atomic E-state index is 13.8. The predicted octanol–water partition coefficient (Wildman–Crippen LogP) is 3.29. The van der Waals surface area contributed by atoms with Crippen molar-refractivity contribution in [2.24, 2.45) is 5.92 Å². The summed E-state index contributed by atoms with van der Waals surface area (Å²) in [6.07, 6.45) is 3.64. The predicted molar refractivity (Wildman–Crippen MR) is 71.4 cm³/mol. The first-order valence-electron chi connectivity index (χ1n) is 6.83. The highest BCUT2D eigenvalue weighted by Crippen LogP contribution is 2.33. The Bertz CT molecular complexity index is 390. The number of aryl methyl sites for hydroxylation is 1. The van der Waals surface area contributed by atoms with E-state index < -0.39 is 0 Å². The molecule has 1 aliphatic carbocycles. The summed E-state index contributed by atoms with van der Waals surface area (Å²) >= 11 is 0. The fraction of sp³-hybridized carbons (Fsp3) is 0.600. The van der Waals surface area contributed by atoms with Crippen LogP contribution in [0.4, 0.5) is 4.39 Å². The highest BCUT2D eigenvalue weighted by Gasteiger charge is 2.31. The van der Waals surface area contributed by atoms with Gasteiger partial charge >= 0.3 is 0 Å². The maximum Gasteiger partial charge on any atom is 0.167 e. The number of rotatable bonds is 7. The summed E-state index contributed by atoms with van der Waals surface area (Å²) < 4.78 is 19.4. The molecular formula is C15H22FNO. The van der Waals surface area contributed by atoms with Gasteiger partial charge < -0.3 is 10.1 Å². The van der Waals surface area contributed by atoms with Crippen LogP contribution in [0.25, 0.3) is 0 Å². The molecule has 1 aromatic carbocycles. The van der Waals surface area contributed by atoms with Crippen LogP contribution in [0.3, 0.4) is 0 Å². The minimum Gasteiger partial charge on any atom is -0.489 e. The second-order valence-corrected chi connectivity index (χ2v) is 5.10. The Labute approximate surface area is 109 Å². The maximum atomic E-state index is 13.8. The monoisotopic (exact) mass is 251 g/mol. The largest absolute Gasteiger partial charge is 0.489 e. The smallest absolute Gasteiger partial charge is 0.167 e. The molecule has 1 N–H and O–H groups in total. The zero-order valence-corrected chi connectivity index (χ0v) is 11.2. The molecule has 0 aliphatic heterocycles. The lowest BCUT2D eigenvalue weighted by atomic mass is 10.2. The van der Waals surface area contributed by atoms with Gasteiger partial charge in [0.1, 0.15) is 6.61 Å². The normalized spacial score (nSPS) is 16.6. The van der Waals surface area contributed by atoms with Crippen LogP contribution in [0.1, 0.15) is 31.7 Å². The van der Waals surface area contributed by atoms with E-state index in [2.05, 4.69) is 12.2 Å². The molecule has 2 rings (SSSR count). The van der Waals surface area contributed by atoms with Crippen molar-refractivity contribution in [3.05, 3.63) is 29.6 Å². The first-order valence-corrected chi connectivity index (χ1v) is 6.83. The average Bonchev–Trinajstić information content (AvgIpc) is 3.18. The summed E-state index contributed by atoms with van der Waals surface area (Å²) in [6, 6.07) is 5.66. The van der Waals surface area contributed by atoms with Gasteiger partial charge in [0.15, 0.2) is 11.6 Å². The lowest BCUT2D eigenvalue weighted by Crippen LogP contribution is -2.37. The van der Waals surface area contributed by atoms with Crippen molar-refractivity contribution >= 4 is 0 Å². The number of nitrogens with one attached hydrogen (secondary N) is 1. The zero-order valence-electron chi connectivity index (χ0n) is 11.2. The van der Waals surface area contributed by atoms with E-state index in [0.717, 1.165) is 13.0 Å². The van der Waals surface area contributed by atoms with Crippen molar-refractivity contribution in [1.29, 1.82) is 0 Å². The van der Waals surface area contributed by atoms with Gasteiger partial charge in [0.05, 0.1) is 0 Å². The van der Waals surface area contributed by atoms with Crippen molar-refractivity contribution in [3.63, 3.8) is 0 Å². The Kier molecular flexibility index (Phi) is 4.59. The molecule has 1 fully saturated rings. The van der Waals surface area contributed by atoms with Crippen LogP contribution in [0, 0.1) is 18.7 Å². The van der Waals surface area contributed by atoms with Crippen molar-refractivity contribution in [1.82, 2.24) is 5.32 Å². The molecular weight excluding hydrogens is 229 g/mol. The van der Waals surface area contributed by atoms with E-state index in [-0.39, 0.29) is 5.82 Å². The van der Waals surface area contributed by atoms with Gasteiger partial charge in [-0.15, -0.1) is 0 Å². The van der Waals surface area contributed by atoms with Crippen molar-refractivity contribution < 1.29 is 9.13 Å². The third-order valence-corrected chi connectivity index (χ3v) is 3.42.